The van der Waals surface area contributed by atoms with E-state index < -0.39 is 11.9 Å². The van der Waals surface area contributed by atoms with Gasteiger partial charge in [0.25, 0.3) is 0 Å². The summed E-state index contributed by atoms with van der Waals surface area (Å²) in [6.45, 7) is 1.59. The van der Waals surface area contributed by atoms with Crippen molar-refractivity contribution in [3.05, 3.63) is 76.0 Å². The maximum atomic E-state index is 13.8. The molecule has 1 unspecified atom stereocenters. The number of allylic oxidation sites excluding steroid dienone is 1. The molecule has 2 heterocycles. The highest BCUT2D eigenvalue weighted by Crippen LogP contribution is 2.61. The smallest absolute Gasteiger partial charge is 0.160 e. The van der Waals surface area contributed by atoms with Gasteiger partial charge >= 0.3 is 0 Å². The largest absolute Gasteiger partial charge is 0.342 e. The highest BCUT2D eigenvalue weighted by atomic mass is 35.5. The van der Waals surface area contributed by atoms with E-state index in [1.807, 2.05) is 18.2 Å². The zero-order valence-corrected chi connectivity index (χ0v) is 21.5. The Bertz CT molecular complexity index is 1200. The number of Topliss-reactive ketones (excluding diaryl/α,β-unsaturated/α-hetero) is 1. The molecule has 2 aromatic rings. The molecule has 5 aliphatic rings. The van der Waals surface area contributed by atoms with Crippen LogP contribution >= 0.6 is 11.6 Å². The Morgan fingerprint density at radius 2 is 1.83 bits per heavy atom. The van der Waals surface area contributed by atoms with Crippen LogP contribution in [0.4, 0.5) is 4.39 Å². The number of benzene rings is 1. The summed E-state index contributed by atoms with van der Waals surface area (Å²) < 4.78 is 13.8. The Labute approximate surface area is 217 Å². The molecule has 1 N–H and O–H groups in total. The van der Waals surface area contributed by atoms with E-state index in [4.69, 9.17) is 16.6 Å². The number of ketones is 1. The predicted molar refractivity (Wildman–Crippen MR) is 140 cm³/mol. The number of hydrogen-bond acceptors (Lipinski definition) is 4. The van der Waals surface area contributed by atoms with Crippen LogP contribution in [0.1, 0.15) is 82.0 Å². The maximum absolute atomic E-state index is 13.8. The van der Waals surface area contributed by atoms with E-state index in [1.54, 1.807) is 19.2 Å². The van der Waals surface area contributed by atoms with E-state index in [1.165, 1.54) is 57.1 Å². The van der Waals surface area contributed by atoms with E-state index in [9.17, 15) is 9.18 Å². The van der Waals surface area contributed by atoms with Gasteiger partial charge in [-0.3, -0.25) is 14.8 Å². The molecule has 4 saturated carbocycles. The van der Waals surface area contributed by atoms with Crippen molar-refractivity contribution in [2.45, 2.75) is 70.8 Å². The van der Waals surface area contributed by atoms with Gasteiger partial charge < -0.3 is 5.32 Å². The Balaban J connectivity index is 1.30. The number of rotatable bonds is 7. The van der Waals surface area contributed by atoms with Gasteiger partial charge in [0.1, 0.15) is 17.6 Å². The van der Waals surface area contributed by atoms with E-state index in [-0.39, 0.29) is 10.8 Å². The number of nitrogens with one attached hydrogen (secondary N) is 1. The first-order valence-electron chi connectivity index (χ1n) is 13.3. The maximum Gasteiger partial charge on any atom is 0.160 e. The normalized spacial score (nSPS) is 30.8. The van der Waals surface area contributed by atoms with Gasteiger partial charge in [0.2, 0.25) is 0 Å². The van der Waals surface area contributed by atoms with Crippen molar-refractivity contribution < 1.29 is 9.18 Å². The number of halogens is 2. The van der Waals surface area contributed by atoms with Crippen LogP contribution in [-0.2, 0) is 4.79 Å². The van der Waals surface area contributed by atoms with Gasteiger partial charge in [-0.25, -0.2) is 4.39 Å². The van der Waals surface area contributed by atoms with Gasteiger partial charge in [0, 0.05) is 28.1 Å². The van der Waals surface area contributed by atoms with Crippen molar-refractivity contribution in [2.24, 2.45) is 28.2 Å². The van der Waals surface area contributed by atoms with Crippen LogP contribution in [0.15, 0.2) is 58.9 Å². The van der Waals surface area contributed by atoms with Crippen LogP contribution < -0.4 is 5.32 Å². The van der Waals surface area contributed by atoms with E-state index >= 15 is 0 Å². The van der Waals surface area contributed by atoms with Crippen molar-refractivity contribution in [3.63, 3.8) is 0 Å². The minimum Gasteiger partial charge on any atom is -0.342 e. The first-order chi connectivity index (χ1) is 17.4. The third-order valence-corrected chi connectivity index (χ3v) is 9.30. The first kappa shape index (κ1) is 23.8. The van der Waals surface area contributed by atoms with Crippen LogP contribution in [0, 0.1) is 29.0 Å². The highest BCUT2D eigenvalue weighted by molar-refractivity contribution is 6.31. The lowest BCUT2D eigenvalue weighted by Crippen LogP contribution is -2.46. The molecule has 0 amide bonds. The monoisotopic (exact) mass is 505 g/mol. The molecule has 1 aromatic heterocycles. The number of hydrogen-bond donors (Lipinski definition) is 1. The number of amidine groups is 1. The molecule has 4 aliphatic carbocycles. The summed E-state index contributed by atoms with van der Waals surface area (Å²) >= 11 is 6.48. The molecule has 1 atom stereocenters. The number of aliphatic imine (C=N–C) groups is 1. The summed E-state index contributed by atoms with van der Waals surface area (Å²) in [6, 6.07) is 9.41. The van der Waals surface area contributed by atoms with Crippen molar-refractivity contribution in [3.8, 4) is 0 Å². The first-order valence-corrected chi connectivity index (χ1v) is 13.7. The lowest BCUT2D eigenvalue weighted by molar-refractivity contribution is -0.114. The fourth-order valence-corrected chi connectivity index (χ4v) is 8.29. The van der Waals surface area contributed by atoms with Gasteiger partial charge in [-0.05, 0) is 112 Å². The molecule has 188 valence electrons. The summed E-state index contributed by atoms with van der Waals surface area (Å²) in [7, 11) is 0. The summed E-state index contributed by atoms with van der Waals surface area (Å²) in [5.74, 6) is 2.98. The molecule has 4 fully saturated rings. The molecule has 0 spiro atoms. The third kappa shape index (κ3) is 4.51. The molecule has 4 bridgehead atoms. The molecule has 1 aliphatic heterocycles. The van der Waals surface area contributed by atoms with Gasteiger partial charge in [-0.2, -0.15) is 0 Å². The Morgan fingerprint density at radius 1 is 1.11 bits per heavy atom. The van der Waals surface area contributed by atoms with E-state index in [0.29, 0.717) is 28.1 Å². The Kier molecular flexibility index (Phi) is 6.23. The molecule has 6 heteroatoms. The fraction of sp³-hybridized carbons (Fsp3) is 0.500. The van der Waals surface area contributed by atoms with Crippen molar-refractivity contribution >= 4 is 23.2 Å². The van der Waals surface area contributed by atoms with Crippen LogP contribution in [0.2, 0.25) is 5.02 Å². The summed E-state index contributed by atoms with van der Waals surface area (Å²) in [5.41, 5.74) is 3.36. The summed E-state index contributed by atoms with van der Waals surface area (Å²) in [4.78, 5) is 22.4. The summed E-state index contributed by atoms with van der Waals surface area (Å²) in [5, 5.41) is 3.75. The SMILES string of the molecule is CC(=O)C1=C(CCCC23CC4CC(CC(C4)C2)C3)NC(c2ccccn2)=NC1c1ccc(F)cc1Cl. The van der Waals surface area contributed by atoms with Crippen LogP contribution in [0.3, 0.4) is 0 Å². The van der Waals surface area contributed by atoms with Crippen molar-refractivity contribution in [1.29, 1.82) is 0 Å². The van der Waals surface area contributed by atoms with Crippen molar-refractivity contribution in [1.82, 2.24) is 10.3 Å². The number of pyridine rings is 1. The average Bonchev–Trinajstić information content (AvgIpc) is 2.83. The second-order valence-corrected chi connectivity index (χ2v) is 12.0. The fourth-order valence-electron chi connectivity index (χ4n) is 8.02. The van der Waals surface area contributed by atoms with Crippen molar-refractivity contribution in [2.75, 3.05) is 0 Å². The predicted octanol–water partition coefficient (Wildman–Crippen LogP) is 7.20. The lowest BCUT2D eigenvalue weighted by Gasteiger charge is -2.57. The molecule has 0 saturated heterocycles. The van der Waals surface area contributed by atoms with E-state index in [2.05, 4.69) is 10.3 Å². The Hall–Kier alpha value is -2.53. The second-order valence-electron chi connectivity index (χ2n) is 11.6. The minimum atomic E-state index is -0.594. The quantitative estimate of drug-likeness (QED) is 0.433. The van der Waals surface area contributed by atoms with Gasteiger partial charge in [0.15, 0.2) is 11.6 Å². The molecular formula is C30H33ClFN3O. The van der Waals surface area contributed by atoms with Crippen LogP contribution in [-0.4, -0.2) is 16.6 Å². The van der Waals surface area contributed by atoms with Crippen LogP contribution in [0.25, 0.3) is 0 Å². The average molecular weight is 506 g/mol. The number of nitrogens with zero attached hydrogens (tertiary/aromatic N) is 2. The molecule has 0 radical (unpaired) electrons. The summed E-state index contributed by atoms with van der Waals surface area (Å²) in [6.07, 6.45) is 13.3. The lowest BCUT2D eigenvalue weighted by atomic mass is 9.48. The number of aromatic nitrogens is 1. The standard InChI is InChI=1S/C30H33ClFN3O/c1-18(36)27-25(6-4-9-30-15-19-11-20(16-30)13-21(12-19)17-30)34-29(26-5-2-3-10-33-26)35-28(27)23-8-7-22(32)14-24(23)31/h2-3,5,7-8,10,14,19-21,28H,4,6,9,11-13,15-17H2,1H3,(H,34,35). The minimum absolute atomic E-state index is 0.0403. The zero-order chi connectivity index (χ0) is 24.9. The highest BCUT2D eigenvalue weighted by Gasteiger charge is 2.50. The number of carbonyl (C=O) groups is 1. The second kappa shape index (κ2) is 9.41. The van der Waals surface area contributed by atoms with E-state index in [0.717, 1.165) is 36.3 Å². The van der Waals surface area contributed by atoms with Gasteiger partial charge in [0.05, 0.1) is 0 Å². The third-order valence-electron chi connectivity index (χ3n) is 8.97. The molecule has 1 aromatic carbocycles. The van der Waals surface area contributed by atoms with Crippen LogP contribution in [0.5, 0.6) is 0 Å². The molecular weight excluding hydrogens is 473 g/mol. The topological polar surface area (TPSA) is 54.4 Å². The number of carbonyl (C=O) groups excluding carboxylic acids is 1. The Morgan fingerprint density at radius 3 is 2.44 bits per heavy atom. The zero-order valence-electron chi connectivity index (χ0n) is 20.8. The van der Waals surface area contributed by atoms with Gasteiger partial charge in [-0.1, -0.05) is 23.7 Å². The van der Waals surface area contributed by atoms with Gasteiger partial charge in [-0.15, -0.1) is 0 Å². The molecule has 4 nitrogen and oxygen atoms in total. The molecule has 7 rings (SSSR count). The molecule has 36 heavy (non-hydrogen) atoms.